The topological polar surface area (TPSA) is 92.7 Å². The van der Waals surface area contributed by atoms with Crippen LogP contribution in [0.4, 0.5) is 10.1 Å². The SMILES string of the molecule is CCOc1cc(S(=O)(=O)Nc2cccc(C(=O)O)c2)ccc1F. The van der Waals surface area contributed by atoms with E-state index in [4.69, 9.17) is 9.84 Å². The highest BCUT2D eigenvalue weighted by Gasteiger charge is 2.17. The van der Waals surface area contributed by atoms with Crippen LogP contribution in [0.15, 0.2) is 47.4 Å². The van der Waals surface area contributed by atoms with Gasteiger partial charge in [0.1, 0.15) is 0 Å². The standard InChI is InChI=1S/C15H14FNO5S/c1-2-22-14-9-12(6-7-13(14)16)23(20,21)17-11-5-3-4-10(8-11)15(18)19/h3-9,17H,2H2,1H3,(H,18,19). The molecule has 0 spiro atoms. The predicted octanol–water partition coefficient (Wildman–Crippen LogP) is 2.72. The van der Waals surface area contributed by atoms with Crippen LogP contribution < -0.4 is 9.46 Å². The fourth-order valence-electron chi connectivity index (χ4n) is 1.85. The van der Waals surface area contributed by atoms with Gasteiger partial charge < -0.3 is 9.84 Å². The molecule has 2 N–H and O–H groups in total. The number of anilines is 1. The minimum atomic E-state index is -4.00. The van der Waals surface area contributed by atoms with E-state index in [2.05, 4.69) is 4.72 Å². The van der Waals surface area contributed by atoms with Crippen LogP contribution in [0.25, 0.3) is 0 Å². The van der Waals surface area contributed by atoms with Crippen molar-refractivity contribution >= 4 is 21.7 Å². The number of carboxylic acids is 1. The average molecular weight is 339 g/mol. The highest BCUT2D eigenvalue weighted by molar-refractivity contribution is 7.92. The second-order valence-corrected chi connectivity index (χ2v) is 6.20. The molecule has 6 nitrogen and oxygen atoms in total. The van der Waals surface area contributed by atoms with Crippen molar-refractivity contribution in [3.63, 3.8) is 0 Å². The summed E-state index contributed by atoms with van der Waals surface area (Å²) in [6, 6.07) is 8.52. The first-order valence-corrected chi connectivity index (χ1v) is 8.10. The summed E-state index contributed by atoms with van der Waals surface area (Å²) in [5, 5.41) is 8.92. The first kappa shape index (κ1) is 16.8. The molecule has 0 radical (unpaired) electrons. The van der Waals surface area contributed by atoms with Crippen LogP contribution in [0.3, 0.4) is 0 Å². The van der Waals surface area contributed by atoms with Gasteiger partial charge in [0.25, 0.3) is 10.0 Å². The fourth-order valence-corrected chi connectivity index (χ4v) is 2.91. The predicted molar refractivity (Wildman–Crippen MR) is 81.8 cm³/mol. The van der Waals surface area contributed by atoms with Crippen molar-refractivity contribution in [2.24, 2.45) is 0 Å². The number of hydrogen-bond acceptors (Lipinski definition) is 4. The lowest BCUT2D eigenvalue weighted by Crippen LogP contribution is -2.14. The molecule has 0 aliphatic rings. The summed E-state index contributed by atoms with van der Waals surface area (Å²) in [4.78, 5) is 10.7. The number of carboxylic acid groups (broad SMARTS) is 1. The first-order chi connectivity index (χ1) is 10.8. The molecule has 0 saturated carbocycles. The summed E-state index contributed by atoms with van der Waals surface area (Å²) in [5.41, 5.74) is 0.0338. The molecule has 0 saturated heterocycles. The van der Waals surface area contributed by atoms with Gasteiger partial charge in [0.15, 0.2) is 11.6 Å². The number of hydrogen-bond donors (Lipinski definition) is 2. The number of nitrogens with one attached hydrogen (secondary N) is 1. The van der Waals surface area contributed by atoms with Gasteiger partial charge in [-0.2, -0.15) is 0 Å². The van der Waals surface area contributed by atoms with Crippen molar-refractivity contribution in [3.8, 4) is 5.75 Å². The fraction of sp³-hybridized carbons (Fsp3) is 0.133. The third-order valence-corrected chi connectivity index (χ3v) is 4.25. The van der Waals surface area contributed by atoms with Crippen molar-refractivity contribution in [1.82, 2.24) is 0 Å². The molecule has 2 aromatic carbocycles. The van der Waals surface area contributed by atoms with Crippen molar-refractivity contribution < 1.29 is 27.4 Å². The van der Waals surface area contributed by atoms with E-state index in [1.807, 2.05) is 0 Å². The first-order valence-electron chi connectivity index (χ1n) is 6.62. The number of benzene rings is 2. The van der Waals surface area contributed by atoms with Crippen molar-refractivity contribution in [2.45, 2.75) is 11.8 Å². The lowest BCUT2D eigenvalue weighted by molar-refractivity contribution is 0.0697. The minimum Gasteiger partial charge on any atom is -0.491 e. The molecule has 0 aliphatic carbocycles. The van der Waals surface area contributed by atoms with Crippen LogP contribution in [-0.4, -0.2) is 26.1 Å². The van der Waals surface area contributed by atoms with Crippen LogP contribution in [0, 0.1) is 5.82 Å². The molecule has 23 heavy (non-hydrogen) atoms. The maximum absolute atomic E-state index is 13.5. The maximum atomic E-state index is 13.5. The van der Waals surface area contributed by atoms with Crippen molar-refractivity contribution in [2.75, 3.05) is 11.3 Å². The minimum absolute atomic E-state index is 0.0562. The van der Waals surface area contributed by atoms with E-state index in [-0.39, 0.29) is 28.5 Å². The summed E-state index contributed by atoms with van der Waals surface area (Å²) in [6.45, 7) is 1.84. The number of rotatable bonds is 6. The summed E-state index contributed by atoms with van der Waals surface area (Å²) >= 11 is 0. The van der Waals surface area contributed by atoms with Crippen LogP contribution in [0.2, 0.25) is 0 Å². The van der Waals surface area contributed by atoms with Crippen LogP contribution in [0.5, 0.6) is 5.75 Å². The number of aromatic carboxylic acids is 1. The van der Waals surface area contributed by atoms with Gasteiger partial charge in [-0.15, -0.1) is 0 Å². The van der Waals surface area contributed by atoms with Gasteiger partial charge in [0.05, 0.1) is 17.1 Å². The Bertz CT molecular complexity index is 836. The molecule has 8 heteroatoms. The largest absolute Gasteiger partial charge is 0.491 e. The Hall–Kier alpha value is -2.61. The third-order valence-electron chi connectivity index (χ3n) is 2.87. The Kier molecular flexibility index (Phi) is 4.85. The zero-order chi connectivity index (χ0) is 17.0. The quantitative estimate of drug-likeness (QED) is 0.844. The molecule has 0 amide bonds. The smallest absolute Gasteiger partial charge is 0.335 e. The summed E-state index contributed by atoms with van der Waals surface area (Å²) in [5.74, 6) is -2.01. The Morgan fingerprint density at radius 2 is 2.00 bits per heavy atom. The lowest BCUT2D eigenvalue weighted by atomic mass is 10.2. The summed E-state index contributed by atoms with van der Waals surface area (Å²) in [7, 11) is -4.00. The number of sulfonamides is 1. The molecule has 0 bridgehead atoms. The van der Waals surface area contributed by atoms with Gasteiger partial charge in [-0.05, 0) is 37.3 Å². The molecule has 2 rings (SSSR count). The van der Waals surface area contributed by atoms with Crippen LogP contribution in [-0.2, 0) is 10.0 Å². The number of halogens is 1. The molecule has 0 unspecified atom stereocenters. The van der Waals surface area contributed by atoms with Crippen LogP contribution in [0.1, 0.15) is 17.3 Å². The van der Waals surface area contributed by atoms with Gasteiger partial charge in [-0.3, -0.25) is 4.72 Å². The highest BCUT2D eigenvalue weighted by atomic mass is 32.2. The van der Waals surface area contributed by atoms with Gasteiger partial charge in [0, 0.05) is 11.8 Å². The Labute approximate surface area is 132 Å². The van der Waals surface area contributed by atoms with Gasteiger partial charge >= 0.3 is 5.97 Å². The zero-order valence-corrected chi connectivity index (χ0v) is 12.9. The molecule has 0 aromatic heterocycles. The van der Waals surface area contributed by atoms with Gasteiger partial charge in [-0.25, -0.2) is 17.6 Å². The van der Waals surface area contributed by atoms with E-state index in [9.17, 15) is 17.6 Å². The molecule has 122 valence electrons. The normalized spacial score (nSPS) is 11.0. The molecule has 0 atom stereocenters. The lowest BCUT2D eigenvalue weighted by Gasteiger charge is -2.11. The maximum Gasteiger partial charge on any atom is 0.335 e. The van der Waals surface area contributed by atoms with E-state index in [1.165, 1.54) is 24.3 Å². The Balaban J connectivity index is 2.34. The summed E-state index contributed by atoms with van der Waals surface area (Å²) < 4.78 is 45.4. The molecule has 0 fully saturated rings. The monoisotopic (exact) mass is 339 g/mol. The second kappa shape index (κ2) is 6.66. The molecule has 0 aliphatic heterocycles. The number of carbonyl (C=O) groups is 1. The zero-order valence-electron chi connectivity index (χ0n) is 12.1. The van der Waals surface area contributed by atoms with Gasteiger partial charge in [-0.1, -0.05) is 6.07 Å². The van der Waals surface area contributed by atoms with E-state index >= 15 is 0 Å². The molecular formula is C15H14FNO5S. The van der Waals surface area contributed by atoms with E-state index in [0.717, 1.165) is 18.2 Å². The Morgan fingerprint density at radius 3 is 2.65 bits per heavy atom. The third kappa shape index (κ3) is 3.98. The highest BCUT2D eigenvalue weighted by Crippen LogP contribution is 2.24. The van der Waals surface area contributed by atoms with Crippen molar-refractivity contribution in [1.29, 1.82) is 0 Å². The molecule has 2 aromatic rings. The Morgan fingerprint density at radius 1 is 1.26 bits per heavy atom. The molecular weight excluding hydrogens is 325 g/mol. The second-order valence-electron chi connectivity index (χ2n) is 4.52. The van der Waals surface area contributed by atoms with E-state index < -0.39 is 21.8 Å². The van der Waals surface area contributed by atoms with E-state index in [0.29, 0.717) is 0 Å². The van der Waals surface area contributed by atoms with Crippen molar-refractivity contribution in [3.05, 3.63) is 53.8 Å². The number of ether oxygens (including phenoxy) is 1. The average Bonchev–Trinajstić information content (AvgIpc) is 2.49. The van der Waals surface area contributed by atoms with E-state index in [1.54, 1.807) is 6.92 Å². The van der Waals surface area contributed by atoms with Gasteiger partial charge in [0.2, 0.25) is 0 Å². The van der Waals surface area contributed by atoms with Crippen LogP contribution >= 0.6 is 0 Å². The summed E-state index contributed by atoms with van der Waals surface area (Å²) in [6.07, 6.45) is 0. The molecule has 0 heterocycles.